The maximum atomic E-state index is 12.4. The van der Waals surface area contributed by atoms with Crippen molar-refractivity contribution in [2.75, 3.05) is 0 Å². The van der Waals surface area contributed by atoms with Crippen LogP contribution in [0.4, 0.5) is 13.2 Å². The fourth-order valence-corrected chi connectivity index (χ4v) is 1.79. The molecule has 0 saturated heterocycles. The van der Waals surface area contributed by atoms with E-state index in [0.29, 0.717) is 0 Å². The van der Waals surface area contributed by atoms with Gasteiger partial charge in [-0.15, -0.1) is 0 Å². The lowest BCUT2D eigenvalue weighted by Gasteiger charge is -2.20. The highest BCUT2D eigenvalue weighted by Gasteiger charge is 2.30. The average Bonchev–Trinajstić information content (AvgIpc) is 2.43. The summed E-state index contributed by atoms with van der Waals surface area (Å²) < 4.78 is 37.3. The van der Waals surface area contributed by atoms with Crippen molar-refractivity contribution in [3.05, 3.63) is 35.4 Å². The van der Waals surface area contributed by atoms with Crippen molar-refractivity contribution in [2.45, 2.75) is 25.6 Å². The van der Waals surface area contributed by atoms with E-state index >= 15 is 0 Å². The molecule has 2 amide bonds. The zero-order chi connectivity index (χ0) is 16.9. The molecule has 3 N–H and O–H groups in total. The van der Waals surface area contributed by atoms with Gasteiger partial charge in [0.1, 0.15) is 6.04 Å². The maximum Gasteiger partial charge on any atom is 0.416 e. The first kappa shape index (κ1) is 17.5. The van der Waals surface area contributed by atoms with E-state index in [4.69, 9.17) is 11.0 Å². The minimum absolute atomic E-state index is 0.000891. The van der Waals surface area contributed by atoms with Crippen molar-refractivity contribution in [2.24, 2.45) is 11.7 Å². The SMILES string of the molecule is C[C@H](CC#N)[C@@H](NC(=O)c1ccc(C(F)(F)F)cc1)C(N)=O. The van der Waals surface area contributed by atoms with Crippen LogP contribution in [0.25, 0.3) is 0 Å². The van der Waals surface area contributed by atoms with Gasteiger partial charge in [0.15, 0.2) is 0 Å². The standard InChI is InChI=1S/C14H14F3N3O2/c1-8(6-7-18)11(12(19)21)20-13(22)9-2-4-10(5-3-9)14(15,16)17/h2-5,8,11H,6H2,1H3,(H2,19,21)(H,20,22)/t8-,11-/m1/s1. The lowest BCUT2D eigenvalue weighted by atomic mass is 9.98. The monoisotopic (exact) mass is 313 g/mol. The zero-order valence-electron chi connectivity index (χ0n) is 11.6. The van der Waals surface area contributed by atoms with Gasteiger partial charge >= 0.3 is 6.18 Å². The molecule has 1 aromatic rings. The van der Waals surface area contributed by atoms with Gasteiger partial charge in [-0.25, -0.2) is 0 Å². The number of carbonyl (C=O) groups excluding carboxylic acids is 2. The van der Waals surface area contributed by atoms with Gasteiger partial charge in [0.2, 0.25) is 5.91 Å². The van der Waals surface area contributed by atoms with E-state index in [0.717, 1.165) is 24.3 Å². The summed E-state index contributed by atoms with van der Waals surface area (Å²) in [5, 5.41) is 10.9. The highest BCUT2D eigenvalue weighted by Crippen LogP contribution is 2.29. The highest BCUT2D eigenvalue weighted by molar-refractivity contribution is 5.97. The molecule has 0 aliphatic rings. The van der Waals surface area contributed by atoms with Crippen LogP contribution in [0.1, 0.15) is 29.3 Å². The quantitative estimate of drug-likeness (QED) is 0.868. The third-order valence-electron chi connectivity index (χ3n) is 3.05. The second kappa shape index (κ2) is 6.93. The molecule has 0 bridgehead atoms. The second-order valence-electron chi connectivity index (χ2n) is 4.77. The first-order valence-electron chi connectivity index (χ1n) is 6.31. The van der Waals surface area contributed by atoms with Crippen LogP contribution in [0, 0.1) is 17.2 Å². The molecule has 0 fully saturated rings. The van der Waals surface area contributed by atoms with Crippen LogP contribution in [0.2, 0.25) is 0 Å². The number of rotatable bonds is 5. The number of amides is 2. The molecule has 0 unspecified atom stereocenters. The van der Waals surface area contributed by atoms with Crippen molar-refractivity contribution < 1.29 is 22.8 Å². The molecular weight excluding hydrogens is 299 g/mol. The Kier molecular flexibility index (Phi) is 5.51. The molecule has 1 aromatic carbocycles. The van der Waals surface area contributed by atoms with Gasteiger partial charge in [-0.2, -0.15) is 18.4 Å². The summed E-state index contributed by atoms with van der Waals surface area (Å²) in [7, 11) is 0. The predicted molar refractivity (Wildman–Crippen MR) is 71.3 cm³/mol. The number of hydrogen-bond donors (Lipinski definition) is 2. The van der Waals surface area contributed by atoms with E-state index in [9.17, 15) is 22.8 Å². The lowest BCUT2D eigenvalue weighted by Crippen LogP contribution is -2.48. The normalized spacial score (nSPS) is 13.8. The van der Waals surface area contributed by atoms with Crippen LogP contribution in [-0.2, 0) is 11.0 Å². The summed E-state index contributed by atoms with van der Waals surface area (Å²) in [4.78, 5) is 23.3. The summed E-state index contributed by atoms with van der Waals surface area (Å²) in [6, 6.07) is 4.33. The Hall–Kier alpha value is -2.56. The van der Waals surface area contributed by atoms with Crippen LogP contribution in [0.5, 0.6) is 0 Å². The van der Waals surface area contributed by atoms with E-state index in [1.807, 2.05) is 6.07 Å². The van der Waals surface area contributed by atoms with Crippen molar-refractivity contribution in [1.29, 1.82) is 5.26 Å². The summed E-state index contributed by atoms with van der Waals surface area (Å²) >= 11 is 0. The van der Waals surface area contributed by atoms with Gasteiger partial charge in [-0.05, 0) is 30.2 Å². The third kappa shape index (κ3) is 4.48. The summed E-state index contributed by atoms with van der Waals surface area (Å²) in [6.45, 7) is 1.56. The minimum Gasteiger partial charge on any atom is -0.368 e. The molecule has 2 atom stereocenters. The number of alkyl halides is 3. The van der Waals surface area contributed by atoms with Crippen LogP contribution in [-0.4, -0.2) is 17.9 Å². The van der Waals surface area contributed by atoms with Crippen LogP contribution < -0.4 is 11.1 Å². The molecule has 0 aromatic heterocycles. The fraction of sp³-hybridized carbons (Fsp3) is 0.357. The summed E-state index contributed by atoms with van der Waals surface area (Å²) in [5.74, 6) is -2.06. The zero-order valence-corrected chi connectivity index (χ0v) is 11.6. The van der Waals surface area contributed by atoms with Gasteiger partial charge in [0, 0.05) is 12.0 Å². The Labute approximate surface area is 124 Å². The van der Waals surface area contributed by atoms with Gasteiger partial charge in [0.25, 0.3) is 5.91 Å². The maximum absolute atomic E-state index is 12.4. The number of benzene rings is 1. The summed E-state index contributed by atoms with van der Waals surface area (Å²) in [6.07, 6.45) is -4.49. The first-order valence-corrected chi connectivity index (χ1v) is 6.31. The number of carbonyl (C=O) groups is 2. The Morgan fingerprint density at radius 3 is 2.27 bits per heavy atom. The molecule has 22 heavy (non-hydrogen) atoms. The van der Waals surface area contributed by atoms with Gasteiger partial charge in [0.05, 0.1) is 11.6 Å². The molecule has 8 heteroatoms. The van der Waals surface area contributed by atoms with Crippen LogP contribution in [0.15, 0.2) is 24.3 Å². The molecule has 5 nitrogen and oxygen atoms in total. The van der Waals surface area contributed by atoms with Crippen molar-refractivity contribution in [3.63, 3.8) is 0 Å². The topological polar surface area (TPSA) is 96.0 Å². The van der Waals surface area contributed by atoms with Gasteiger partial charge < -0.3 is 11.1 Å². The van der Waals surface area contributed by atoms with E-state index in [1.165, 1.54) is 0 Å². The number of nitrogens with two attached hydrogens (primary N) is 1. The molecule has 0 aliphatic carbocycles. The molecule has 0 aliphatic heterocycles. The number of halogens is 3. The third-order valence-corrected chi connectivity index (χ3v) is 3.05. The van der Waals surface area contributed by atoms with E-state index in [-0.39, 0.29) is 12.0 Å². The molecule has 0 saturated carbocycles. The summed E-state index contributed by atoms with van der Waals surface area (Å²) in [5.41, 5.74) is 4.24. The van der Waals surface area contributed by atoms with Crippen molar-refractivity contribution in [3.8, 4) is 6.07 Å². The van der Waals surface area contributed by atoms with Crippen molar-refractivity contribution >= 4 is 11.8 Å². The molecular formula is C14H14F3N3O2. The Morgan fingerprint density at radius 1 is 1.32 bits per heavy atom. The van der Waals surface area contributed by atoms with E-state index in [1.54, 1.807) is 6.92 Å². The first-order chi connectivity index (χ1) is 10.2. The number of nitriles is 1. The Bertz CT molecular complexity index is 591. The fourth-order valence-electron chi connectivity index (χ4n) is 1.79. The Balaban J connectivity index is 2.87. The number of hydrogen-bond acceptors (Lipinski definition) is 3. The largest absolute Gasteiger partial charge is 0.416 e. The van der Waals surface area contributed by atoms with E-state index in [2.05, 4.69) is 5.32 Å². The average molecular weight is 313 g/mol. The predicted octanol–water partition coefficient (Wildman–Crippen LogP) is 1.84. The molecule has 1 rings (SSSR count). The number of nitrogens with zero attached hydrogens (tertiary/aromatic N) is 1. The lowest BCUT2D eigenvalue weighted by molar-refractivity contribution is -0.137. The molecule has 0 spiro atoms. The van der Waals surface area contributed by atoms with E-state index < -0.39 is 35.5 Å². The van der Waals surface area contributed by atoms with Crippen molar-refractivity contribution in [1.82, 2.24) is 5.32 Å². The second-order valence-corrected chi connectivity index (χ2v) is 4.77. The smallest absolute Gasteiger partial charge is 0.368 e. The molecule has 0 radical (unpaired) electrons. The number of nitrogens with one attached hydrogen (secondary N) is 1. The number of primary amides is 1. The van der Waals surface area contributed by atoms with Crippen LogP contribution in [0.3, 0.4) is 0 Å². The van der Waals surface area contributed by atoms with Gasteiger partial charge in [-0.3, -0.25) is 9.59 Å². The minimum atomic E-state index is -4.49. The van der Waals surface area contributed by atoms with Gasteiger partial charge in [-0.1, -0.05) is 6.92 Å². The highest BCUT2D eigenvalue weighted by atomic mass is 19.4. The Morgan fingerprint density at radius 2 is 1.86 bits per heavy atom. The molecule has 118 valence electrons. The molecule has 0 heterocycles. The van der Waals surface area contributed by atoms with Crippen LogP contribution >= 0.6 is 0 Å².